The average molecular weight is 344 g/mol. The first-order chi connectivity index (χ1) is 11.9. The number of hydrogen-bond acceptors (Lipinski definition) is 3. The Labute approximate surface area is 151 Å². The highest BCUT2D eigenvalue weighted by Crippen LogP contribution is 2.45. The molecule has 4 rings (SSSR count). The highest BCUT2D eigenvalue weighted by atomic mass is 16.1. The van der Waals surface area contributed by atoms with E-state index in [1.54, 1.807) is 0 Å². The third kappa shape index (κ3) is 3.07. The summed E-state index contributed by atoms with van der Waals surface area (Å²) in [6.45, 7) is 8.76. The third-order valence-electron chi connectivity index (χ3n) is 6.93. The highest BCUT2D eigenvalue weighted by molar-refractivity contribution is 5.34. The van der Waals surface area contributed by atoms with E-state index in [-0.39, 0.29) is 16.4 Å². The SMILES string of the molecule is CC(C)(C)c1nc2c(c(=O)[nH]1)CCC21CCN(C2CCCCC2)CC1. The summed E-state index contributed by atoms with van der Waals surface area (Å²) in [7, 11) is 0. The molecule has 2 fully saturated rings. The van der Waals surface area contributed by atoms with E-state index in [2.05, 4.69) is 30.7 Å². The fourth-order valence-electron chi connectivity index (χ4n) is 5.26. The quantitative estimate of drug-likeness (QED) is 0.846. The Morgan fingerprint density at radius 1 is 1.08 bits per heavy atom. The van der Waals surface area contributed by atoms with Gasteiger partial charge in [-0.2, -0.15) is 0 Å². The Morgan fingerprint density at radius 3 is 2.40 bits per heavy atom. The van der Waals surface area contributed by atoms with Crippen molar-refractivity contribution in [1.82, 2.24) is 14.9 Å². The van der Waals surface area contributed by atoms with Crippen molar-refractivity contribution >= 4 is 0 Å². The molecule has 0 radical (unpaired) electrons. The van der Waals surface area contributed by atoms with Crippen molar-refractivity contribution in [3.8, 4) is 0 Å². The second kappa shape index (κ2) is 6.22. The normalized spacial score (nSPS) is 24.6. The maximum absolute atomic E-state index is 12.6. The van der Waals surface area contributed by atoms with Crippen molar-refractivity contribution in [2.45, 2.75) is 95.4 Å². The van der Waals surface area contributed by atoms with Crippen LogP contribution in [-0.2, 0) is 17.3 Å². The fourth-order valence-corrected chi connectivity index (χ4v) is 5.26. The standard InChI is InChI=1S/C21H33N3O/c1-20(2,3)19-22-17-16(18(25)23-19)9-10-21(17)11-13-24(14-12-21)15-7-5-4-6-8-15/h15H,4-14H2,1-3H3,(H,22,23,25). The average Bonchev–Trinajstić information content (AvgIpc) is 2.95. The van der Waals surface area contributed by atoms with Gasteiger partial charge in [0.1, 0.15) is 5.82 Å². The monoisotopic (exact) mass is 343 g/mol. The lowest BCUT2D eigenvalue weighted by Gasteiger charge is -2.44. The number of H-pyrrole nitrogens is 1. The first-order valence-corrected chi connectivity index (χ1v) is 10.3. The summed E-state index contributed by atoms with van der Waals surface area (Å²) >= 11 is 0. The number of aromatic nitrogens is 2. The highest BCUT2D eigenvalue weighted by Gasteiger charge is 2.45. The van der Waals surface area contributed by atoms with E-state index in [1.807, 2.05) is 0 Å². The van der Waals surface area contributed by atoms with Crippen LogP contribution in [0.5, 0.6) is 0 Å². The van der Waals surface area contributed by atoms with Crippen molar-refractivity contribution < 1.29 is 0 Å². The maximum atomic E-state index is 12.6. The zero-order valence-electron chi connectivity index (χ0n) is 16.2. The van der Waals surface area contributed by atoms with E-state index in [0.29, 0.717) is 0 Å². The molecule has 1 aromatic rings. The van der Waals surface area contributed by atoms with Crippen LogP contribution >= 0.6 is 0 Å². The Hall–Kier alpha value is -1.16. The number of nitrogens with one attached hydrogen (secondary N) is 1. The Morgan fingerprint density at radius 2 is 1.76 bits per heavy atom. The van der Waals surface area contributed by atoms with E-state index in [0.717, 1.165) is 36.0 Å². The van der Waals surface area contributed by atoms with Gasteiger partial charge in [0.25, 0.3) is 5.56 Å². The third-order valence-corrected chi connectivity index (χ3v) is 6.93. The van der Waals surface area contributed by atoms with E-state index >= 15 is 0 Å². The number of nitrogens with zero attached hydrogens (tertiary/aromatic N) is 2. The molecule has 138 valence electrons. The van der Waals surface area contributed by atoms with Crippen LogP contribution in [0.25, 0.3) is 0 Å². The van der Waals surface area contributed by atoms with E-state index < -0.39 is 0 Å². The van der Waals surface area contributed by atoms with Gasteiger partial charge >= 0.3 is 0 Å². The first kappa shape index (κ1) is 17.3. The van der Waals surface area contributed by atoms with Crippen LogP contribution in [0.3, 0.4) is 0 Å². The molecule has 2 aliphatic carbocycles. The van der Waals surface area contributed by atoms with Crippen LogP contribution in [0.1, 0.15) is 89.2 Å². The smallest absolute Gasteiger partial charge is 0.254 e. The molecule has 0 atom stereocenters. The van der Waals surface area contributed by atoms with E-state index in [4.69, 9.17) is 4.98 Å². The molecule has 0 aromatic carbocycles. The molecule has 1 aromatic heterocycles. The molecular weight excluding hydrogens is 310 g/mol. The topological polar surface area (TPSA) is 49.0 Å². The molecule has 3 aliphatic rings. The molecule has 4 nitrogen and oxygen atoms in total. The van der Waals surface area contributed by atoms with Gasteiger partial charge in [-0.25, -0.2) is 4.98 Å². The summed E-state index contributed by atoms with van der Waals surface area (Å²) in [4.78, 5) is 23.4. The summed E-state index contributed by atoms with van der Waals surface area (Å²) in [6.07, 6.45) is 11.4. The largest absolute Gasteiger partial charge is 0.310 e. The summed E-state index contributed by atoms with van der Waals surface area (Å²) in [5.74, 6) is 0.854. The predicted octanol–water partition coefficient (Wildman–Crippen LogP) is 3.68. The molecule has 4 heteroatoms. The summed E-state index contributed by atoms with van der Waals surface area (Å²) in [5, 5.41) is 0. The number of aromatic amines is 1. The zero-order valence-corrected chi connectivity index (χ0v) is 16.2. The summed E-state index contributed by atoms with van der Waals surface area (Å²) < 4.78 is 0. The van der Waals surface area contributed by atoms with Crippen molar-refractivity contribution in [1.29, 1.82) is 0 Å². The predicted molar refractivity (Wildman–Crippen MR) is 101 cm³/mol. The number of likely N-dealkylation sites (tertiary alicyclic amines) is 1. The number of piperidine rings is 1. The van der Waals surface area contributed by atoms with Gasteiger partial charge in [0.15, 0.2) is 0 Å². The van der Waals surface area contributed by atoms with E-state index in [1.165, 1.54) is 58.0 Å². The molecule has 2 heterocycles. The van der Waals surface area contributed by atoms with E-state index in [9.17, 15) is 4.79 Å². The van der Waals surface area contributed by atoms with Gasteiger partial charge in [0.2, 0.25) is 0 Å². The summed E-state index contributed by atoms with van der Waals surface area (Å²) in [6, 6.07) is 0.809. The molecule has 1 saturated heterocycles. The van der Waals surface area contributed by atoms with Crippen LogP contribution < -0.4 is 5.56 Å². The van der Waals surface area contributed by atoms with Gasteiger partial charge in [-0.3, -0.25) is 4.79 Å². The van der Waals surface area contributed by atoms with Crippen LogP contribution in [0.2, 0.25) is 0 Å². The minimum atomic E-state index is -0.110. The molecule has 1 spiro atoms. The minimum absolute atomic E-state index is 0.110. The second-order valence-corrected chi connectivity index (χ2v) is 9.60. The minimum Gasteiger partial charge on any atom is -0.310 e. The Balaban J connectivity index is 1.58. The molecule has 1 aliphatic heterocycles. The molecule has 0 bridgehead atoms. The van der Waals surface area contributed by atoms with Gasteiger partial charge in [-0.1, -0.05) is 40.0 Å². The molecule has 1 saturated carbocycles. The first-order valence-electron chi connectivity index (χ1n) is 10.3. The van der Waals surface area contributed by atoms with Gasteiger partial charge in [-0.15, -0.1) is 0 Å². The molecule has 25 heavy (non-hydrogen) atoms. The Kier molecular flexibility index (Phi) is 4.30. The molecular formula is C21H33N3O. The van der Waals surface area contributed by atoms with Gasteiger partial charge in [0.05, 0.1) is 5.69 Å². The zero-order chi connectivity index (χ0) is 17.7. The lowest BCUT2D eigenvalue weighted by atomic mass is 9.75. The number of fused-ring (bicyclic) bond motifs is 2. The van der Waals surface area contributed by atoms with Gasteiger partial charge in [0, 0.05) is 22.4 Å². The molecule has 0 amide bonds. The van der Waals surface area contributed by atoms with Crippen molar-refractivity contribution in [2.75, 3.05) is 13.1 Å². The van der Waals surface area contributed by atoms with Crippen LogP contribution in [0.15, 0.2) is 4.79 Å². The van der Waals surface area contributed by atoms with Crippen LogP contribution in [-0.4, -0.2) is 34.0 Å². The fraction of sp³-hybridized carbons (Fsp3) is 0.810. The maximum Gasteiger partial charge on any atom is 0.254 e. The lowest BCUT2D eigenvalue weighted by Crippen LogP contribution is -2.47. The molecule has 0 unspecified atom stereocenters. The van der Waals surface area contributed by atoms with Crippen molar-refractivity contribution in [3.05, 3.63) is 27.4 Å². The van der Waals surface area contributed by atoms with Crippen molar-refractivity contribution in [2.24, 2.45) is 0 Å². The lowest BCUT2D eigenvalue weighted by molar-refractivity contribution is 0.0912. The van der Waals surface area contributed by atoms with Gasteiger partial charge in [-0.05, 0) is 51.6 Å². The number of hydrogen-bond donors (Lipinski definition) is 1. The molecule has 1 N–H and O–H groups in total. The summed E-state index contributed by atoms with van der Waals surface area (Å²) in [5.41, 5.74) is 2.28. The second-order valence-electron chi connectivity index (χ2n) is 9.60. The van der Waals surface area contributed by atoms with Crippen molar-refractivity contribution in [3.63, 3.8) is 0 Å². The van der Waals surface area contributed by atoms with Gasteiger partial charge < -0.3 is 9.88 Å². The van der Waals surface area contributed by atoms with Crippen LogP contribution in [0, 0.1) is 0 Å². The van der Waals surface area contributed by atoms with Crippen LogP contribution in [0.4, 0.5) is 0 Å². The number of rotatable bonds is 1. The Bertz CT molecular complexity index is 686.